The first-order chi connectivity index (χ1) is 7.74. The fourth-order valence-corrected chi connectivity index (χ4v) is 1.45. The van der Waals surface area contributed by atoms with Crippen molar-refractivity contribution < 1.29 is 4.52 Å². The van der Waals surface area contributed by atoms with Crippen LogP contribution in [0.1, 0.15) is 5.82 Å². The van der Waals surface area contributed by atoms with Crippen LogP contribution in [-0.4, -0.2) is 24.7 Å². The molecule has 0 amide bonds. The fraction of sp³-hybridized carbons (Fsp3) is 0.111. The van der Waals surface area contributed by atoms with Gasteiger partial charge in [-0.25, -0.2) is 14.3 Å². The van der Waals surface area contributed by atoms with Gasteiger partial charge in [-0.2, -0.15) is 10.1 Å². The van der Waals surface area contributed by atoms with Crippen molar-refractivity contribution in [1.29, 1.82) is 0 Å². The minimum atomic E-state index is -0.298. The van der Waals surface area contributed by atoms with Crippen LogP contribution in [0.25, 0.3) is 17.1 Å². The van der Waals surface area contributed by atoms with Crippen molar-refractivity contribution in [2.75, 3.05) is 0 Å². The molecule has 0 unspecified atom stereocenters. The summed E-state index contributed by atoms with van der Waals surface area (Å²) in [6, 6.07) is 3.47. The highest BCUT2D eigenvalue weighted by atomic mass is 16.5. The maximum absolute atomic E-state index is 11.3. The number of H-pyrrole nitrogens is 1. The van der Waals surface area contributed by atoms with E-state index in [0.29, 0.717) is 22.9 Å². The zero-order valence-electron chi connectivity index (χ0n) is 8.34. The van der Waals surface area contributed by atoms with E-state index in [2.05, 4.69) is 20.3 Å². The quantitative estimate of drug-likeness (QED) is 0.636. The molecule has 0 spiro atoms. The maximum atomic E-state index is 11.3. The molecule has 0 atom stereocenters. The lowest BCUT2D eigenvalue weighted by molar-refractivity contribution is 0.425. The lowest BCUT2D eigenvalue weighted by Gasteiger charge is -1.94. The van der Waals surface area contributed by atoms with Crippen LogP contribution < -0.4 is 5.69 Å². The Labute approximate surface area is 88.7 Å². The summed E-state index contributed by atoms with van der Waals surface area (Å²) < 4.78 is 6.39. The average Bonchev–Trinajstić information content (AvgIpc) is 2.86. The van der Waals surface area contributed by atoms with E-state index in [9.17, 15) is 4.79 Å². The van der Waals surface area contributed by atoms with E-state index in [4.69, 9.17) is 4.52 Å². The third-order valence-electron chi connectivity index (χ3n) is 2.19. The third-order valence-corrected chi connectivity index (χ3v) is 2.19. The second-order valence-corrected chi connectivity index (χ2v) is 3.32. The molecule has 16 heavy (non-hydrogen) atoms. The number of nitrogens with zero attached hydrogens (tertiary/aromatic N) is 4. The molecule has 0 aliphatic carbocycles. The summed E-state index contributed by atoms with van der Waals surface area (Å²) in [7, 11) is 0. The summed E-state index contributed by atoms with van der Waals surface area (Å²) >= 11 is 0. The van der Waals surface area contributed by atoms with E-state index in [0.717, 1.165) is 0 Å². The number of nitrogens with one attached hydrogen (secondary N) is 1. The number of aryl methyl sites for hydroxylation is 1. The molecule has 0 bridgehead atoms. The Kier molecular flexibility index (Phi) is 1.67. The minimum absolute atomic E-state index is 0.298. The maximum Gasteiger partial charge on any atom is 0.347 e. The second kappa shape index (κ2) is 3.02. The Hall–Kier alpha value is -2.44. The minimum Gasteiger partial charge on any atom is -0.334 e. The summed E-state index contributed by atoms with van der Waals surface area (Å²) in [6.45, 7) is 1.73. The van der Waals surface area contributed by atoms with Crippen molar-refractivity contribution in [3.63, 3.8) is 0 Å². The molecule has 0 saturated carbocycles. The molecule has 0 aliphatic rings. The zero-order valence-corrected chi connectivity index (χ0v) is 8.34. The molecule has 80 valence electrons. The van der Waals surface area contributed by atoms with Gasteiger partial charge < -0.3 is 4.52 Å². The highest BCUT2D eigenvalue weighted by Gasteiger charge is 2.08. The Balaban J connectivity index is 2.25. The zero-order chi connectivity index (χ0) is 11.1. The molecule has 0 saturated heterocycles. The normalized spacial score (nSPS) is 11.1. The predicted octanol–water partition coefficient (Wildman–Crippen LogP) is 0.381. The number of rotatable bonds is 1. The van der Waals surface area contributed by atoms with Gasteiger partial charge in [-0.3, -0.25) is 0 Å². The van der Waals surface area contributed by atoms with Crippen LogP contribution >= 0.6 is 0 Å². The van der Waals surface area contributed by atoms with E-state index in [1.54, 1.807) is 25.3 Å². The van der Waals surface area contributed by atoms with Gasteiger partial charge in [0.1, 0.15) is 0 Å². The Morgan fingerprint density at radius 1 is 1.44 bits per heavy atom. The van der Waals surface area contributed by atoms with Gasteiger partial charge in [0.15, 0.2) is 11.5 Å². The van der Waals surface area contributed by atoms with Crippen molar-refractivity contribution in [1.82, 2.24) is 24.7 Å². The molecule has 3 heterocycles. The van der Waals surface area contributed by atoms with Crippen LogP contribution in [0, 0.1) is 6.92 Å². The standard InChI is InChI=1S/C9H7N5O2/c1-5-10-8(16-13-5)6-2-3-7-11-12-9(15)14(7)4-6/h2-4H,1H3,(H,12,15). The van der Waals surface area contributed by atoms with Crippen LogP contribution in [0.5, 0.6) is 0 Å². The lowest BCUT2D eigenvalue weighted by atomic mass is 10.3. The first kappa shape index (κ1) is 8.84. The van der Waals surface area contributed by atoms with E-state index < -0.39 is 0 Å². The highest BCUT2D eigenvalue weighted by molar-refractivity contribution is 5.55. The highest BCUT2D eigenvalue weighted by Crippen LogP contribution is 2.16. The Morgan fingerprint density at radius 3 is 3.06 bits per heavy atom. The lowest BCUT2D eigenvalue weighted by Crippen LogP contribution is -2.08. The van der Waals surface area contributed by atoms with Gasteiger partial charge in [-0.15, -0.1) is 0 Å². The van der Waals surface area contributed by atoms with E-state index in [1.165, 1.54) is 4.40 Å². The summed E-state index contributed by atoms with van der Waals surface area (Å²) in [4.78, 5) is 15.4. The summed E-state index contributed by atoms with van der Waals surface area (Å²) in [5.41, 5.74) is 0.926. The molecule has 3 rings (SSSR count). The molecule has 0 aromatic carbocycles. The average molecular weight is 217 g/mol. The largest absolute Gasteiger partial charge is 0.347 e. The van der Waals surface area contributed by atoms with Gasteiger partial charge in [0.05, 0.1) is 5.56 Å². The molecule has 7 nitrogen and oxygen atoms in total. The van der Waals surface area contributed by atoms with Gasteiger partial charge in [0.25, 0.3) is 5.89 Å². The van der Waals surface area contributed by atoms with Crippen molar-refractivity contribution in [2.45, 2.75) is 6.92 Å². The summed E-state index contributed by atoms with van der Waals surface area (Å²) in [6.07, 6.45) is 1.61. The van der Waals surface area contributed by atoms with E-state index in [-0.39, 0.29) is 5.69 Å². The number of pyridine rings is 1. The number of fused-ring (bicyclic) bond motifs is 1. The van der Waals surface area contributed by atoms with Crippen molar-refractivity contribution in [3.05, 3.63) is 34.6 Å². The van der Waals surface area contributed by atoms with Crippen LogP contribution in [-0.2, 0) is 0 Å². The Bertz CT molecular complexity index is 708. The number of hydrogen-bond donors (Lipinski definition) is 1. The van der Waals surface area contributed by atoms with Crippen LogP contribution in [0.3, 0.4) is 0 Å². The topological polar surface area (TPSA) is 89.1 Å². The first-order valence-corrected chi connectivity index (χ1v) is 4.61. The number of aromatic amines is 1. The molecule has 0 radical (unpaired) electrons. The summed E-state index contributed by atoms with van der Waals surface area (Å²) in [5, 5.41) is 9.85. The fourth-order valence-electron chi connectivity index (χ4n) is 1.45. The van der Waals surface area contributed by atoms with Gasteiger partial charge >= 0.3 is 5.69 Å². The van der Waals surface area contributed by atoms with Gasteiger partial charge in [-0.1, -0.05) is 5.16 Å². The van der Waals surface area contributed by atoms with Crippen molar-refractivity contribution >= 4 is 5.65 Å². The third kappa shape index (κ3) is 1.22. The number of aromatic nitrogens is 5. The Morgan fingerprint density at radius 2 is 2.31 bits per heavy atom. The molecule has 7 heteroatoms. The molecule has 3 aromatic heterocycles. The molecule has 1 N–H and O–H groups in total. The van der Waals surface area contributed by atoms with Crippen molar-refractivity contribution in [3.8, 4) is 11.5 Å². The number of hydrogen-bond acceptors (Lipinski definition) is 5. The second-order valence-electron chi connectivity index (χ2n) is 3.32. The monoisotopic (exact) mass is 217 g/mol. The van der Waals surface area contributed by atoms with Gasteiger partial charge in [-0.05, 0) is 19.1 Å². The van der Waals surface area contributed by atoms with Crippen LogP contribution in [0.4, 0.5) is 0 Å². The molecule has 0 aliphatic heterocycles. The predicted molar refractivity (Wildman–Crippen MR) is 53.8 cm³/mol. The smallest absolute Gasteiger partial charge is 0.334 e. The van der Waals surface area contributed by atoms with E-state index in [1.807, 2.05) is 0 Å². The molecular weight excluding hydrogens is 210 g/mol. The van der Waals surface area contributed by atoms with Crippen LogP contribution in [0.2, 0.25) is 0 Å². The van der Waals surface area contributed by atoms with Crippen LogP contribution in [0.15, 0.2) is 27.6 Å². The van der Waals surface area contributed by atoms with Crippen molar-refractivity contribution in [2.24, 2.45) is 0 Å². The molecular formula is C9H7N5O2. The van der Waals surface area contributed by atoms with Gasteiger partial charge in [0.2, 0.25) is 0 Å². The summed E-state index contributed by atoms with van der Waals surface area (Å²) in [5.74, 6) is 0.933. The van der Waals surface area contributed by atoms with Gasteiger partial charge in [0, 0.05) is 6.20 Å². The molecule has 3 aromatic rings. The molecule has 0 fully saturated rings. The SMILES string of the molecule is Cc1noc(-c2ccc3n[nH]c(=O)n3c2)n1. The van der Waals surface area contributed by atoms with E-state index >= 15 is 0 Å². The first-order valence-electron chi connectivity index (χ1n) is 4.61.